The fourth-order valence-corrected chi connectivity index (χ4v) is 3.29. The van der Waals surface area contributed by atoms with Gasteiger partial charge >= 0.3 is 0 Å². The summed E-state index contributed by atoms with van der Waals surface area (Å²) in [6.45, 7) is 6.95. The molecule has 0 bridgehead atoms. The molecule has 170 valence electrons. The molecule has 0 spiro atoms. The molecule has 1 heterocycles. The van der Waals surface area contributed by atoms with Crippen molar-refractivity contribution in [2.45, 2.75) is 32.9 Å². The van der Waals surface area contributed by atoms with E-state index >= 15 is 0 Å². The van der Waals surface area contributed by atoms with Crippen molar-refractivity contribution >= 4 is 5.96 Å². The summed E-state index contributed by atoms with van der Waals surface area (Å²) in [5.41, 5.74) is 1.26. The molecule has 0 amide bonds. The molecule has 7 heteroatoms. The van der Waals surface area contributed by atoms with Gasteiger partial charge in [0.1, 0.15) is 23.4 Å². The number of nitrogens with zero attached hydrogens (tertiary/aromatic N) is 3. The lowest BCUT2D eigenvalue weighted by Crippen LogP contribution is -2.39. The number of hydrogen-bond acceptors (Lipinski definition) is 4. The normalized spacial score (nSPS) is 12.3. The molecule has 32 heavy (non-hydrogen) atoms. The maximum absolute atomic E-state index is 5.97. The number of hydrogen-bond donors (Lipinski definition) is 2. The minimum absolute atomic E-state index is 0.0673. The van der Waals surface area contributed by atoms with E-state index in [1.165, 1.54) is 5.56 Å². The Morgan fingerprint density at radius 2 is 1.91 bits per heavy atom. The maximum atomic E-state index is 5.97. The Labute approximate surface area is 190 Å². The molecule has 0 aliphatic carbocycles. The quantitative estimate of drug-likeness (QED) is 0.356. The van der Waals surface area contributed by atoms with Crippen LogP contribution in [0.5, 0.6) is 11.5 Å². The van der Waals surface area contributed by atoms with E-state index in [1.54, 1.807) is 7.11 Å². The summed E-state index contributed by atoms with van der Waals surface area (Å²) in [7, 11) is 1.65. The molecule has 0 aliphatic rings. The zero-order valence-corrected chi connectivity index (χ0v) is 19.1. The molecular formula is C25H33N5O2. The summed E-state index contributed by atoms with van der Waals surface area (Å²) >= 11 is 0. The number of imidazole rings is 1. The molecular weight excluding hydrogens is 402 g/mol. The molecule has 1 unspecified atom stereocenters. The summed E-state index contributed by atoms with van der Waals surface area (Å²) in [6, 6.07) is 18.0. The van der Waals surface area contributed by atoms with Gasteiger partial charge in [0, 0.05) is 44.5 Å². The lowest BCUT2D eigenvalue weighted by Gasteiger charge is -2.16. The van der Waals surface area contributed by atoms with E-state index in [9.17, 15) is 0 Å². The van der Waals surface area contributed by atoms with Crippen LogP contribution >= 0.6 is 0 Å². The lowest BCUT2D eigenvalue weighted by atomic mass is 10.2. The SMILES string of the molecule is CCNC(=NCC(C)Oc1cccc(OC)c1)NCCc1nccn1Cc1ccccc1. The molecule has 0 aliphatic heterocycles. The second-order valence-corrected chi connectivity index (χ2v) is 7.46. The molecule has 2 N–H and O–H groups in total. The zero-order valence-electron chi connectivity index (χ0n) is 19.1. The van der Waals surface area contributed by atoms with E-state index in [4.69, 9.17) is 9.47 Å². The van der Waals surface area contributed by atoms with Gasteiger partial charge in [-0.2, -0.15) is 0 Å². The molecule has 3 rings (SSSR count). The van der Waals surface area contributed by atoms with Crippen LogP contribution in [0.15, 0.2) is 72.0 Å². The average molecular weight is 436 g/mol. The molecule has 2 aromatic carbocycles. The number of guanidine groups is 1. The molecule has 0 fully saturated rings. The number of methoxy groups -OCH3 is 1. The number of benzene rings is 2. The van der Waals surface area contributed by atoms with Crippen LogP contribution in [0, 0.1) is 0 Å². The molecule has 3 aromatic rings. The van der Waals surface area contributed by atoms with Gasteiger partial charge in [0.25, 0.3) is 0 Å². The standard InChI is InChI=1S/C25H33N5O2/c1-4-26-25(29-18-20(2)32-23-12-8-11-22(17-23)31-3)28-14-13-24-27-15-16-30(24)19-21-9-6-5-7-10-21/h5-12,15-17,20H,4,13-14,18-19H2,1-3H3,(H2,26,28,29). The van der Waals surface area contributed by atoms with E-state index < -0.39 is 0 Å². The van der Waals surface area contributed by atoms with E-state index in [1.807, 2.05) is 49.6 Å². The first kappa shape index (κ1) is 23.2. The number of ether oxygens (including phenoxy) is 2. The van der Waals surface area contributed by atoms with Crippen LogP contribution in [0.25, 0.3) is 0 Å². The van der Waals surface area contributed by atoms with Crippen molar-refractivity contribution in [3.63, 3.8) is 0 Å². The van der Waals surface area contributed by atoms with Gasteiger partial charge in [0.15, 0.2) is 5.96 Å². The predicted molar refractivity (Wildman–Crippen MR) is 129 cm³/mol. The zero-order chi connectivity index (χ0) is 22.6. The first-order valence-electron chi connectivity index (χ1n) is 11.0. The lowest BCUT2D eigenvalue weighted by molar-refractivity contribution is 0.229. The minimum Gasteiger partial charge on any atom is -0.497 e. The monoisotopic (exact) mass is 435 g/mol. The summed E-state index contributed by atoms with van der Waals surface area (Å²) in [5, 5.41) is 6.69. The van der Waals surface area contributed by atoms with Crippen molar-refractivity contribution in [1.82, 2.24) is 20.2 Å². The third kappa shape index (κ3) is 7.34. The number of aliphatic imine (C=N–C) groups is 1. The summed E-state index contributed by atoms with van der Waals surface area (Å²) in [6.07, 6.45) is 4.62. The Morgan fingerprint density at radius 3 is 2.69 bits per heavy atom. The number of aromatic nitrogens is 2. The Hall–Kier alpha value is -3.48. The largest absolute Gasteiger partial charge is 0.497 e. The van der Waals surface area contributed by atoms with E-state index in [0.29, 0.717) is 6.54 Å². The number of nitrogens with one attached hydrogen (secondary N) is 2. The Morgan fingerprint density at radius 1 is 1.09 bits per heavy atom. The highest BCUT2D eigenvalue weighted by molar-refractivity contribution is 5.79. The van der Waals surface area contributed by atoms with Gasteiger partial charge in [-0.15, -0.1) is 0 Å². The third-order valence-electron chi connectivity index (χ3n) is 4.87. The van der Waals surface area contributed by atoms with E-state index in [2.05, 4.69) is 56.4 Å². The van der Waals surface area contributed by atoms with E-state index in [0.717, 1.165) is 49.3 Å². The smallest absolute Gasteiger partial charge is 0.191 e. The first-order valence-corrected chi connectivity index (χ1v) is 11.0. The van der Waals surface area contributed by atoms with Crippen LogP contribution < -0.4 is 20.1 Å². The van der Waals surface area contributed by atoms with Gasteiger partial charge in [-0.05, 0) is 31.5 Å². The average Bonchev–Trinajstić information content (AvgIpc) is 3.25. The van der Waals surface area contributed by atoms with Crippen LogP contribution in [0.4, 0.5) is 0 Å². The van der Waals surface area contributed by atoms with Gasteiger partial charge in [0.2, 0.25) is 0 Å². The molecule has 0 saturated heterocycles. The highest BCUT2D eigenvalue weighted by Crippen LogP contribution is 2.19. The fraction of sp³-hybridized carbons (Fsp3) is 0.360. The molecule has 7 nitrogen and oxygen atoms in total. The van der Waals surface area contributed by atoms with Crippen molar-refractivity contribution in [3.05, 3.63) is 78.4 Å². The summed E-state index contributed by atoms with van der Waals surface area (Å²) in [5.74, 6) is 3.37. The van der Waals surface area contributed by atoms with Gasteiger partial charge in [-0.3, -0.25) is 0 Å². The van der Waals surface area contributed by atoms with Crippen LogP contribution in [-0.4, -0.2) is 48.4 Å². The first-order chi connectivity index (χ1) is 15.7. The fourth-order valence-electron chi connectivity index (χ4n) is 3.29. The van der Waals surface area contributed by atoms with Crippen molar-refractivity contribution in [3.8, 4) is 11.5 Å². The summed E-state index contributed by atoms with van der Waals surface area (Å²) in [4.78, 5) is 9.19. The van der Waals surface area contributed by atoms with Gasteiger partial charge < -0.3 is 24.7 Å². The highest BCUT2D eigenvalue weighted by atomic mass is 16.5. The maximum Gasteiger partial charge on any atom is 0.191 e. The van der Waals surface area contributed by atoms with Crippen molar-refractivity contribution < 1.29 is 9.47 Å². The van der Waals surface area contributed by atoms with Crippen LogP contribution in [0.1, 0.15) is 25.2 Å². The topological polar surface area (TPSA) is 72.7 Å². The molecule has 0 saturated carbocycles. The molecule has 1 atom stereocenters. The van der Waals surface area contributed by atoms with Gasteiger partial charge in [-0.25, -0.2) is 9.98 Å². The highest BCUT2D eigenvalue weighted by Gasteiger charge is 2.07. The van der Waals surface area contributed by atoms with Crippen LogP contribution in [0.2, 0.25) is 0 Å². The second-order valence-electron chi connectivity index (χ2n) is 7.46. The Bertz CT molecular complexity index is 971. The minimum atomic E-state index is -0.0673. The van der Waals surface area contributed by atoms with Crippen LogP contribution in [0.3, 0.4) is 0 Å². The van der Waals surface area contributed by atoms with Gasteiger partial charge in [-0.1, -0.05) is 36.4 Å². The summed E-state index contributed by atoms with van der Waals surface area (Å²) < 4.78 is 13.4. The number of rotatable bonds is 11. The van der Waals surface area contributed by atoms with Crippen LogP contribution in [-0.2, 0) is 13.0 Å². The van der Waals surface area contributed by atoms with Crippen molar-refractivity contribution in [2.24, 2.45) is 4.99 Å². The van der Waals surface area contributed by atoms with Crippen molar-refractivity contribution in [1.29, 1.82) is 0 Å². The third-order valence-corrected chi connectivity index (χ3v) is 4.87. The molecule has 0 radical (unpaired) electrons. The second kappa shape index (κ2) is 12.4. The Kier molecular flexibility index (Phi) is 8.98. The van der Waals surface area contributed by atoms with Gasteiger partial charge in [0.05, 0.1) is 13.7 Å². The van der Waals surface area contributed by atoms with E-state index in [-0.39, 0.29) is 6.10 Å². The van der Waals surface area contributed by atoms with Crippen molar-refractivity contribution in [2.75, 3.05) is 26.7 Å². The predicted octanol–water partition coefficient (Wildman–Crippen LogP) is 3.51. The molecule has 1 aromatic heterocycles. The Balaban J connectivity index is 1.50.